The Hall–Kier alpha value is -6.10. The SMILES string of the molecule is N#Cc1ccc(-n2c3ccccc3c3c(-c4ccc5c(c4)c4ccccc4n5-c4cccc(C#N)c4)cccc32)cc1. The van der Waals surface area contributed by atoms with Crippen molar-refractivity contribution >= 4 is 43.6 Å². The molecule has 4 heteroatoms. The van der Waals surface area contributed by atoms with Crippen molar-refractivity contribution in [3.8, 4) is 34.6 Å². The molecule has 0 bridgehead atoms. The maximum atomic E-state index is 9.53. The Morgan fingerprint density at radius 1 is 0.429 bits per heavy atom. The standard InChI is InChI=1S/C38H22N4/c39-23-25-15-18-28(19-16-25)41-35-13-4-2-10-32(35)38-30(11-6-14-37(38)41)27-17-20-36-33(22-27)31-9-1-3-12-34(31)42(36)29-8-5-7-26(21-29)24-40/h1-22H. The molecule has 8 rings (SSSR count). The van der Waals surface area contributed by atoms with Gasteiger partial charge in [-0.05, 0) is 83.9 Å². The van der Waals surface area contributed by atoms with E-state index in [4.69, 9.17) is 0 Å². The van der Waals surface area contributed by atoms with E-state index in [9.17, 15) is 10.5 Å². The molecule has 0 radical (unpaired) electrons. The summed E-state index contributed by atoms with van der Waals surface area (Å²) >= 11 is 0. The van der Waals surface area contributed by atoms with Crippen molar-refractivity contribution in [3.05, 3.63) is 145 Å². The van der Waals surface area contributed by atoms with Crippen LogP contribution in [0.5, 0.6) is 0 Å². The van der Waals surface area contributed by atoms with E-state index in [-0.39, 0.29) is 0 Å². The number of benzene rings is 6. The summed E-state index contributed by atoms with van der Waals surface area (Å²) in [6, 6.07) is 50.2. The molecule has 42 heavy (non-hydrogen) atoms. The fraction of sp³-hybridized carbons (Fsp3) is 0. The van der Waals surface area contributed by atoms with Crippen molar-refractivity contribution in [2.75, 3.05) is 0 Å². The normalized spacial score (nSPS) is 11.3. The minimum Gasteiger partial charge on any atom is -0.309 e. The lowest BCUT2D eigenvalue weighted by molar-refractivity contribution is 1.18. The van der Waals surface area contributed by atoms with Crippen molar-refractivity contribution in [2.24, 2.45) is 0 Å². The summed E-state index contributed by atoms with van der Waals surface area (Å²) in [4.78, 5) is 0. The van der Waals surface area contributed by atoms with Crippen molar-refractivity contribution in [1.82, 2.24) is 9.13 Å². The first-order valence-corrected chi connectivity index (χ1v) is 13.8. The molecule has 0 spiro atoms. The average molecular weight is 535 g/mol. The summed E-state index contributed by atoms with van der Waals surface area (Å²) in [5, 5.41) is 23.6. The smallest absolute Gasteiger partial charge is 0.0992 e. The highest BCUT2D eigenvalue weighted by Gasteiger charge is 2.18. The van der Waals surface area contributed by atoms with Gasteiger partial charge in [-0.1, -0.05) is 60.7 Å². The first-order chi connectivity index (χ1) is 20.7. The molecule has 2 heterocycles. The topological polar surface area (TPSA) is 57.4 Å². The highest BCUT2D eigenvalue weighted by atomic mass is 15.0. The molecule has 4 nitrogen and oxygen atoms in total. The van der Waals surface area contributed by atoms with E-state index in [1.807, 2.05) is 42.5 Å². The lowest BCUT2D eigenvalue weighted by Gasteiger charge is -2.10. The Morgan fingerprint density at radius 2 is 1.07 bits per heavy atom. The number of hydrogen-bond donors (Lipinski definition) is 0. The second kappa shape index (κ2) is 9.24. The number of rotatable bonds is 3. The molecular formula is C38H22N4. The molecule has 0 aliphatic rings. The van der Waals surface area contributed by atoms with Crippen LogP contribution in [0.4, 0.5) is 0 Å². The third-order valence-corrected chi connectivity index (χ3v) is 8.17. The maximum absolute atomic E-state index is 9.53. The fourth-order valence-electron chi connectivity index (χ4n) is 6.36. The number of hydrogen-bond acceptors (Lipinski definition) is 2. The third-order valence-electron chi connectivity index (χ3n) is 8.17. The van der Waals surface area contributed by atoms with Crippen LogP contribution >= 0.6 is 0 Å². The largest absolute Gasteiger partial charge is 0.309 e. The van der Waals surface area contributed by atoms with Crippen LogP contribution in [0.25, 0.3) is 66.1 Å². The summed E-state index contributed by atoms with van der Waals surface area (Å²) < 4.78 is 4.52. The first kappa shape index (κ1) is 23.8. The molecule has 0 fully saturated rings. The van der Waals surface area contributed by atoms with Crippen LogP contribution in [0.1, 0.15) is 11.1 Å². The van der Waals surface area contributed by atoms with E-state index in [1.54, 1.807) is 0 Å². The molecule has 2 aromatic heterocycles. The van der Waals surface area contributed by atoms with Crippen molar-refractivity contribution in [2.45, 2.75) is 0 Å². The van der Waals surface area contributed by atoms with Crippen LogP contribution < -0.4 is 0 Å². The predicted molar refractivity (Wildman–Crippen MR) is 170 cm³/mol. The Bertz CT molecular complexity index is 2430. The van der Waals surface area contributed by atoms with E-state index < -0.39 is 0 Å². The van der Waals surface area contributed by atoms with Gasteiger partial charge in [0, 0.05) is 32.9 Å². The van der Waals surface area contributed by atoms with Gasteiger partial charge in [0.25, 0.3) is 0 Å². The minimum atomic E-state index is 0.639. The first-order valence-electron chi connectivity index (χ1n) is 13.8. The van der Waals surface area contributed by atoms with E-state index in [0.717, 1.165) is 39.0 Å². The third kappa shape index (κ3) is 3.47. The van der Waals surface area contributed by atoms with Crippen LogP contribution in [0, 0.1) is 22.7 Å². The summed E-state index contributed by atoms with van der Waals surface area (Å²) in [6.45, 7) is 0. The molecule has 0 aliphatic heterocycles. The lowest BCUT2D eigenvalue weighted by atomic mass is 9.98. The Morgan fingerprint density at radius 3 is 1.86 bits per heavy atom. The Kier molecular flexibility index (Phi) is 5.22. The van der Waals surface area contributed by atoms with Crippen LogP contribution in [0.2, 0.25) is 0 Å². The van der Waals surface area contributed by atoms with E-state index in [2.05, 4.69) is 112 Å². The number of fused-ring (bicyclic) bond motifs is 6. The van der Waals surface area contributed by atoms with Crippen LogP contribution in [-0.4, -0.2) is 9.13 Å². The van der Waals surface area contributed by atoms with Gasteiger partial charge >= 0.3 is 0 Å². The summed E-state index contributed by atoms with van der Waals surface area (Å²) in [7, 11) is 0. The van der Waals surface area contributed by atoms with Crippen LogP contribution in [0.3, 0.4) is 0 Å². The van der Waals surface area contributed by atoms with E-state index in [1.165, 1.54) is 27.1 Å². The second-order valence-corrected chi connectivity index (χ2v) is 10.5. The van der Waals surface area contributed by atoms with Crippen molar-refractivity contribution < 1.29 is 0 Å². The fourth-order valence-corrected chi connectivity index (χ4v) is 6.36. The van der Waals surface area contributed by atoms with Gasteiger partial charge in [-0.2, -0.15) is 10.5 Å². The Labute approximate surface area is 242 Å². The summed E-state index contributed by atoms with van der Waals surface area (Å²) in [5.74, 6) is 0. The van der Waals surface area contributed by atoms with Gasteiger partial charge in [-0.3, -0.25) is 0 Å². The zero-order valence-corrected chi connectivity index (χ0v) is 22.5. The van der Waals surface area contributed by atoms with Gasteiger partial charge in [0.05, 0.1) is 45.3 Å². The number of aromatic nitrogens is 2. The molecule has 0 amide bonds. The number of para-hydroxylation sites is 2. The number of nitrogens with zero attached hydrogens (tertiary/aromatic N) is 4. The predicted octanol–water partition coefficient (Wildman–Crippen LogP) is 9.29. The maximum Gasteiger partial charge on any atom is 0.0992 e. The van der Waals surface area contributed by atoms with E-state index in [0.29, 0.717) is 11.1 Å². The second-order valence-electron chi connectivity index (χ2n) is 10.5. The molecule has 0 saturated carbocycles. The quantitative estimate of drug-likeness (QED) is 0.227. The van der Waals surface area contributed by atoms with Crippen LogP contribution in [0.15, 0.2) is 133 Å². The lowest BCUT2D eigenvalue weighted by Crippen LogP contribution is -1.94. The van der Waals surface area contributed by atoms with Gasteiger partial charge in [0.15, 0.2) is 0 Å². The number of nitriles is 2. The molecule has 0 N–H and O–H groups in total. The molecule has 8 aromatic rings. The van der Waals surface area contributed by atoms with Gasteiger partial charge in [0.2, 0.25) is 0 Å². The molecular weight excluding hydrogens is 512 g/mol. The van der Waals surface area contributed by atoms with Crippen molar-refractivity contribution in [1.29, 1.82) is 10.5 Å². The minimum absolute atomic E-state index is 0.639. The molecule has 0 atom stereocenters. The highest BCUT2D eigenvalue weighted by molar-refractivity contribution is 6.17. The molecule has 0 saturated heterocycles. The zero-order valence-electron chi connectivity index (χ0n) is 22.5. The van der Waals surface area contributed by atoms with Gasteiger partial charge in [0.1, 0.15) is 0 Å². The van der Waals surface area contributed by atoms with E-state index >= 15 is 0 Å². The van der Waals surface area contributed by atoms with Crippen LogP contribution in [-0.2, 0) is 0 Å². The van der Waals surface area contributed by atoms with Gasteiger partial charge < -0.3 is 9.13 Å². The van der Waals surface area contributed by atoms with Gasteiger partial charge in [-0.15, -0.1) is 0 Å². The average Bonchev–Trinajstić information content (AvgIpc) is 3.57. The molecule has 194 valence electrons. The van der Waals surface area contributed by atoms with Gasteiger partial charge in [-0.25, -0.2) is 0 Å². The molecule has 6 aromatic carbocycles. The molecule has 0 aliphatic carbocycles. The van der Waals surface area contributed by atoms with Crippen molar-refractivity contribution in [3.63, 3.8) is 0 Å². The highest BCUT2D eigenvalue weighted by Crippen LogP contribution is 2.41. The molecule has 0 unspecified atom stereocenters. The monoisotopic (exact) mass is 534 g/mol. The summed E-state index contributed by atoms with van der Waals surface area (Å²) in [5.41, 5.74) is 10.0. The summed E-state index contributed by atoms with van der Waals surface area (Å²) in [6.07, 6.45) is 0. The zero-order chi connectivity index (χ0) is 28.2. The Balaban J connectivity index is 1.40.